The number of nitrogens with zero attached hydrogens (tertiary/aromatic N) is 3. The van der Waals surface area contributed by atoms with Gasteiger partial charge in [0.25, 0.3) is 0 Å². The van der Waals surface area contributed by atoms with Crippen molar-refractivity contribution in [2.24, 2.45) is 5.73 Å². The number of carbonyl (C=O) groups excluding carboxylic acids is 2. The lowest BCUT2D eigenvalue weighted by Crippen LogP contribution is -2.57. The molecule has 1 aromatic rings. The maximum atomic E-state index is 12.8. The number of nitrogens with two attached hydrogens (primary N) is 1. The molecule has 2 aliphatic heterocycles. The fraction of sp³-hybridized carbons (Fsp3) is 0.556. The Kier molecular flexibility index (Phi) is 7.40. The average molecular weight is 383 g/mol. The molecule has 1 aromatic carbocycles. The van der Waals surface area contributed by atoms with Gasteiger partial charge in [-0.05, 0) is 18.6 Å². The third-order valence-electron chi connectivity index (χ3n) is 4.98. The summed E-state index contributed by atoms with van der Waals surface area (Å²) in [6.45, 7) is 3.57. The summed E-state index contributed by atoms with van der Waals surface area (Å²) in [5.74, 6) is 0.0761. The number of methoxy groups -OCH3 is 1. The number of para-hydroxylation sites is 1. The van der Waals surface area contributed by atoms with Crippen LogP contribution < -0.4 is 10.6 Å². The van der Waals surface area contributed by atoms with Crippen molar-refractivity contribution >= 4 is 29.9 Å². The first-order valence-electron chi connectivity index (χ1n) is 8.75. The Morgan fingerprint density at radius 2 is 1.85 bits per heavy atom. The van der Waals surface area contributed by atoms with Gasteiger partial charge in [-0.1, -0.05) is 18.2 Å². The maximum Gasteiger partial charge on any atom is 0.244 e. The fourth-order valence-electron chi connectivity index (χ4n) is 3.61. The largest absolute Gasteiger partial charge is 0.383 e. The summed E-state index contributed by atoms with van der Waals surface area (Å²) in [5.41, 5.74) is 6.78. The Bertz CT molecular complexity index is 608. The molecule has 7 nitrogen and oxygen atoms in total. The molecule has 0 aliphatic carbocycles. The summed E-state index contributed by atoms with van der Waals surface area (Å²) in [4.78, 5) is 30.8. The summed E-state index contributed by atoms with van der Waals surface area (Å²) in [5, 5.41) is 0. The molecule has 3 rings (SSSR count). The number of anilines is 1. The summed E-state index contributed by atoms with van der Waals surface area (Å²) >= 11 is 0. The van der Waals surface area contributed by atoms with Gasteiger partial charge in [0.15, 0.2) is 0 Å². The highest BCUT2D eigenvalue weighted by Crippen LogP contribution is 2.24. The fourth-order valence-corrected chi connectivity index (χ4v) is 3.61. The van der Waals surface area contributed by atoms with Crippen molar-refractivity contribution in [2.75, 3.05) is 51.3 Å². The van der Waals surface area contributed by atoms with E-state index in [4.69, 9.17) is 10.5 Å². The molecule has 8 heteroatoms. The third-order valence-corrected chi connectivity index (χ3v) is 4.98. The van der Waals surface area contributed by atoms with Crippen molar-refractivity contribution in [3.8, 4) is 0 Å². The van der Waals surface area contributed by atoms with Gasteiger partial charge in [0.2, 0.25) is 11.8 Å². The van der Waals surface area contributed by atoms with E-state index in [9.17, 15) is 9.59 Å². The van der Waals surface area contributed by atoms with Crippen molar-refractivity contribution in [3.63, 3.8) is 0 Å². The lowest BCUT2D eigenvalue weighted by Gasteiger charge is -2.38. The summed E-state index contributed by atoms with van der Waals surface area (Å²) in [6.07, 6.45) is 0.824. The first kappa shape index (κ1) is 20.6. The molecular formula is C18H27ClN4O3. The van der Waals surface area contributed by atoms with Gasteiger partial charge in [0.1, 0.15) is 6.04 Å². The Labute approximate surface area is 160 Å². The zero-order chi connectivity index (χ0) is 17.8. The highest BCUT2D eigenvalue weighted by atomic mass is 35.5. The lowest BCUT2D eigenvalue weighted by molar-refractivity contribution is -0.136. The second-order valence-electron chi connectivity index (χ2n) is 6.55. The van der Waals surface area contributed by atoms with Gasteiger partial charge < -0.3 is 20.3 Å². The van der Waals surface area contributed by atoms with E-state index in [1.165, 1.54) is 7.11 Å². The normalized spacial score (nSPS) is 22.2. The second-order valence-corrected chi connectivity index (χ2v) is 6.55. The number of rotatable bonds is 5. The van der Waals surface area contributed by atoms with Crippen LogP contribution in [0.3, 0.4) is 0 Å². The van der Waals surface area contributed by atoms with Gasteiger partial charge in [-0.3, -0.25) is 14.5 Å². The molecule has 0 aromatic heterocycles. The number of hydrogen-bond acceptors (Lipinski definition) is 5. The predicted octanol–water partition coefficient (Wildman–Crippen LogP) is 0.332. The van der Waals surface area contributed by atoms with Gasteiger partial charge in [-0.15, -0.1) is 12.4 Å². The van der Waals surface area contributed by atoms with Crippen LogP contribution in [0.5, 0.6) is 0 Å². The summed E-state index contributed by atoms with van der Waals surface area (Å²) in [6, 6.07) is 9.07. The number of carbonyl (C=O) groups is 2. The molecule has 0 spiro atoms. The SMILES string of the molecule is COCC(N)C(=O)N1CCN(C2CCN(c3ccccc3)C2=O)CC1.Cl. The maximum absolute atomic E-state index is 12.8. The molecule has 2 amide bonds. The van der Waals surface area contributed by atoms with Crippen LogP contribution in [0, 0.1) is 0 Å². The van der Waals surface area contributed by atoms with Crippen LogP contribution in [0.1, 0.15) is 6.42 Å². The topological polar surface area (TPSA) is 79.1 Å². The number of piperazine rings is 1. The smallest absolute Gasteiger partial charge is 0.244 e. The lowest BCUT2D eigenvalue weighted by atomic mass is 10.1. The highest BCUT2D eigenvalue weighted by molar-refractivity contribution is 5.99. The summed E-state index contributed by atoms with van der Waals surface area (Å²) < 4.78 is 4.95. The number of halogens is 1. The molecule has 2 unspecified atom stereocenters. The Hall–Kier alpha value is -1.67. The highest BCUT2D eigenvalue weighted by Gasteiger charge is 2.38. The van der Waals surface area contributed by atoms with Gasteiger partial charge >= 0.3 is 0 Å². The Morgan fingerprint density at radius 1 is 1.19 bits per heavy atom. The zero-order valence-corrected chi connectivity index (χ0v) is 15.9. The van der Waals surface area contributed by atoms with Crippen molar-refractivity contribution < 1.29 is 14.3 Å². The van der Waals surface area contributed by atoms with Gasteiger partial charge in [0, 0.05) is 45.5 Å². The number of amides is 2. The Morgan fingerprint density at radius 3 is 2.46 bits per heavy atom. The van der Waals surface area contributed by atoms with E-state index < -0.39 is 6.04 Å². The molecule has 2 fully saturated rings. The minimum absolute atomic E-state index is 0. The van der Waals surface area contributed by atoms with Crippen molar-refractivity contribution in [1.82, 2.24) is 9.80 Å². The minimum Gasteiger partial charge on any atom is -0.383 e. The molecule has 2 aliphatic rings. The standard InChI is InChI=1S/C18H26N4O3.ClH/c1-25-13-15(19)17(23)21-11-9-20(10-12-21)16-7-8-22(18(16)24)14-5-3-2-4-6-14;/h2-6,15-16H,7-13,19H2,1H3;1H. The van der Waals surface area contributed by atoms with Gasteiger partial charge in [0.05, 0.1) is 12.6 Å². The Balaban J connectivity index is 0.00000243. The molecular weight excluding hydrogens is 356 g/mol. The van der Waals surface area contributed by atoms with E-state index in [0.717, 1.165) is 18.7 Å². The van der Waals surface area contributed by atoms with E-state index in [2.05, 4.69) is 4.90 Å². The number of hydrogen-bond donors (Lipinski definition) is 1. The van der Waals surface area contributed by atoms with Crippen LogP contribution in [-0.4, -0.2) is 80.1 Å². The van der Waals surface area contributed by atoms with Crippen LogP contribution >= 0.6 is 12.4 Å². The molecule has 2 atom stereocenters. The molecule has 144 valence electrons. The molecule has 0 bridgehead atoms. The quantitative estimate of drug-likeness (QED) is 0.794. The van der Waals surface area contributed by atoms with Crippen LogP contribution in [0.15, 0.2) is 30.3 Å². The first-order valence-corrected chi connectivity index (χ1v) is 8.75. The molecule has 0 radical (unpaired) electrons. The number of benzene rings is 1. The monoisotopic (exact) mass is 382 g/mol. The van der Waals surface area contributed by atoms with Crippen LogP contribution in [0.4, 0.5) is 5.69 Å². The van der Waals surface area contributed by atoms with Crippen LogP contribution in [0.2, 0.25) is 0 Å². The molecule has 0 saturated carbocycles. The minimum atomic E-state index is -0.613. The third kappa shape index (κ3) is 4.35. The molecule has 26 heavy (non-hydrogen) atoms. The van der Waals surface area contributed by atoms with E-state index in [-0.39, 0.29) is 36.9 Å². The van der Waals surface area contributed by atoms with Crippen molar-refractivity contribution in [3.05, 3.63) is 30.3 Å². The van der Waals surface area contributed by atoms with Crippen molar-refractivity contribution in [1.29, 1.82) is 0 Å². The van der Waals surface area contributed by atoms with Gasteiger partial charge in [-0.2, -0.15) is 0 Å². The number of ether oxygens (including phenoxy) is 1. The van der Waals surface area contributed by atoms with Crippen molar-refractivity contribution in [2.45, 2.75) is 18.5 Å². The van der Waals surface area contributed by atoms with Crippen LogP contribution in [0.25, 0.3) is 0 Å². The van der Waals surface area contributed by atoms with E-state index >= 15 is 0 Å². The average Bonchev–Trinajstić information content (AvgIpc) is 3.03. The van der Waals surface area contributed by atoms with Crippen LogP contribution in [-0.2, 0) is 14.3 Å². The van der Waals surface area contributed by atoms with E-state index in [1.54, 1.807) is 4.90 Å². The second kappa shape index (κ2) is 9.32. The van der Waals surface area contributed by atoms with E-state index in [0.29, 0.717) is 26.2 Å². The molecule has 2 N–H and O–H groups in total. The predicted molar refractivity (Wildman–Crippen MR) is 102 cm³/mol. The molecule has 2 saturated heterocycles. The summed E-state index contributed by atoms with van der Waals surface area (Å²) in [7, 11) is 1.54. The van der Waals surface area contributed by atoms with E-state index in [1.807, 2.05) is 35.2 Å². The zero-order valence-electron chi connectivity index (χ0n) is 15.0. The van der Waals surface area contributed by atoms with Gasteiger partial charge in [-0.25, -0.2) is 0 Å². The first-order chi connectivity index (χ1) is 12.1. The molecule has 2 heterocycles.